The largest absolute Gasteiger partial charge is 0.287 e. The zero-order valence-electron chi connectivity index (χ0n) is 7.53. The molecular formula is C8H10N4O. The molecule has 0 aliphatic carbocycles. The van der Waals surface area contributed by atoms with E-state index in [2.05, 4.69) is 15.3 Å². The zero-order chi connectivity index (χ0) is 9.42. The van der Waals surface area contributed by atoms with E-state index < -0.39 is 0 Å². The van der Waals surface area contributed by atoms with Crippen molar-refractivity contribution in [3.8, 4) is 0 Å². The summed E-state index contributed by atoms with van der Waals surface area (Å²) in [5.74, 6) is 0. The Bertz CT molecular complexity index is 496. The number of rotatable bonds is 1. The Kier molecular flexibility index (Phi) is 1.65. The Morgan fingerprint density at radius 2 is 2.38 bits per heavy atom. The summed E-state index contributed by atoms with van der Waals surface area (Å²) >= 11 is 0. The SMILES string of the molecule is CCn1nc(C)c2c(=O)cn[nH]c21. The molecule has 2 rings (SSSR count). The molecule has 5 heteroatoms. The Hall–Kier alpha value is -1.65. The van der Waals surface area contributed by atoms with Crippen molar-refractivity contribution in [1.29, 1.82) is 0 Å². The van der Waals surface area contributed by atoms with Crippen LogP contribution < -0.4 is 5.43 Å². The lowest BCUT2D eigenvalue weighted by Crippen LogP contribution is -2.04. The van der Waals surface area contributed by atoms with E-state index in [-0.39, 0.29) is 5.43 Å². The minimum atomic E-state index is -0.0778. The quantitative estimate of drug-likeness (QED) is 0.689. The minimum Gasteiger partial charge on any atom is -0.287 e. The van der Waals surface area contributed by atoms with Gasteiger partial charge in [0.2, 0.25) is 5.43 Å². The molecule has 0 unspecified atom stereocenters. The highest BCUT2D eigenvalue weighted by Gasteiger charge is 2.08. The van der Waals surface area contributed by atoms with Crippen molar-refractivity contribution in [2.75, 3.05) is 0 Å². The first kappa shape index (κ1) is 7.97. The molecule has 0 aliphatic rings. The van der Waals surface area contributed by atoms with Crippen LogP contribution in [0, 0.1) is 6.92 Å². The number of aromatic amines is 1. The van der Waals surface area contributed by atoms with Crippen molar-refractivity contribution >= 4 is 11.0 Å². The summed E-state index contributed by atoms with van der Waals surface area (Å²) in [4.78, 5) is 11.4. The zero-order valence-corrected chi connectivity index (χ0v) is 7.53. The van der Waals surface area contributed by atoms with Crippen LogP contribution in [0.15, 0.2) is 11.0 Å². The second-order valence-corrected chi connectivity index (χ2v) is 2.86. The number of hydrogen-bond acceptors (Lipinski definition) is 3. The number of nitrogens with zero attached hydrogens (tertiary/aromatic N) is 3. The van der Waals surface area contributed by atoms with E-state index in [1.807, 2.05) is 13.8 Å². The van der Waals surface area contributed by atoms with Gasteiger partial charge in [-0.1, -0.05) is 0 Å². The van der Waals surface area contributed by atoms with Crippen LogP contribution in [0.1, 0.15) is 12.6 Å². The molecule has 0 atom stereocenters. The van der Waals surface area contributed by atoms with Crippen molar-refractivity contribution in [2.45, 2.75) is 20.4 Å². The number of hydrogen-bond donors (Lipinski definition) is 1. The summed E-state index contributed by atoms with van der Waals surface area (Å²) in [6, 6.07) is 0. The van der Waals surface area contributed by atoms with Gasteiger partial charge in [-0.15, -0.1) is 0 Å². The second-order valence-electron chi connectivity index (χ2n) is 2.86. The topological polar surface area (TPSA) is 63.6 Å². The summed E-state index contributed by atoms with van der Waals surface area (Å²) in [5, 5.41) is 11.4. The predicted octanol–water partition coefficient (Wildman–Crippen LogP) is 0.448. The predicted molar refractivity (Wildman–Crippen MR) is 48.6 cm³/mol. The number of nitrogens with one attached hydrogen (secondary N) is 1. The highest BCUT2D eigenvalue weighted by atomic mass is 16.1. The minimum absolute atomic E-state index is 0.0778. The summed E-state index contributed by atoms with van der Waals surface area (Å²) in [7, 11) is 0. The Labute approximate surface area is 74.4 Å². The molecule has 0 saturated heterocycles. The maximum Gasteiger partial charge on any atom is 0.211 e. The third kappa shape index (κ3) is 1.04. The van der Waals surface area contributed by atoms with E-state index in [0.717, 1.165) is 12.2 Å². The summed E-state index contributed by atoms with van der Waals surface area (Å²) in [6.45, 7) is 4.52. The van der Waals surface area contributed by atoms with Crippen LogP contribution in [0.25, 0.3) is 11.0 Å². The van der Waals surface area contributed by atoms with Crippen LogP contribution in [-0.4, -0.2) is 20.0 Å². The third-order valence-corrected chi connectivity index (χ3v) is 2.03. The van der Waals surface area contributed by atoms with Gasteiger partial charge in [-0.2, -0.15) is 10.2 Å². The van der Waals surface area contributed by atoms with Crippen molar-refractivity contribution in [3.05, 3.63) is 22.1 Å². The van der Waals surface area contributed by atoms with Crippen LogP contribution in [0.5, 0.6) is 0 Å². The summed E-state index contributed by atoms with van der Waals surface area (Å²) < 4.78 is 1.74. The van der Waals surface area contributed by atoms with Crippen LogP contribution in [0.4, 0.5) is 0 Å². The average molecular weight is 178 g/mol. The van der Waals surface area contributed by atoms with Crippen LogP contribution in [0.2, 0.25) is 0 Å². The monoisotopic (exact) mass is 178 g/mol. The highest BCUT2D eigenvalue weighted by molar-refractivity contribution is 5.76. The molecule has 2 aromatic heterocycles. The molecule has 2 heterocycles. The normalized spacial score (nSPS) is 10.9. The maximum atomic E-state index is 11.4. The second kappa shape index (κ2) is 2.69. The van der Waals surface area contributed by atoms with Crippen molar-refractivity contribution in [2.24, 2.45) is 0 Å². The fraction of sp³-hybridized carbons (Fsp3) is 0.375. The van der Waals surface area contributed by atoms with Crippen molar-refractivity contribution in [3.63, 3.8) is 0 Å². The number of fused-ring (bicyclic) bond motifs is 1. The van der Waals surface area contributed by atoms with E-state index in [1.165, 1.54) is 6.20 Å². The average Bonchev–Trinajstić information content (AvgIpc) is 2.44. The lowest BCUT2D eigenvalue weighted by molar-refractivity contribution is 0.665. The van der Waals surface area contributed by atoms with E-state index in [0.29, 0.717) is 11.0 Å². The molecule has 0 aliphatic heterocycles. The van der Waals surface area contributed by atoms with Crippen LogP contribution >= 0.6 is 0 Å². The van der Waals surface area contributed by atoms with Crippen LogP contribution in [-0.2, 0) is 6.54 Å². The highest BCUT2D eigenvalue weighted by Crippen LogP contribution is 2.09. The molecule has 0 saturated carbocycles. The van der Waals surface area contributed by atoms with Gasteiger partial charge in [0.25, 0.3) is 0 Å². The first-order chi connectivity index (χ1) is 6.24. The molecule has 0 fully saturated rings. The number of aryl methyl sites for hydroxylation is 2. The number of H-pyrrole nitrogens is 1. The summed E-state index contributed by atoms with van der Waals surface area (Å²) in [5.41, 5.74) is 1.37. The van der Waals surface area contributed by atoms with Gasteiger partial charge in [0, 0.05) is 6.54 Å². The third-order valence-electron chi connectivity index (χ3n) is 2.03. The van der Waals surface area contributed by atoms with Gasteiger partial charge in [0.15, 0.2) is 5.65 Å². The standard InChI is InChI=1S/C8H10N4O/c1-3-12-8-7(5(2)11-12)6(13)4-9-10-8/h4H,3H2,1-2H3,(H,10,13). The van der Waals surface area contributed by atoms with Gasteiger partial charge in [-0.05, 0) is 13.8 Å². The van der Waals surface area contributed by atoms with Crippen molar-refractivity contribution in [1.82, 2.24) is 20.0 Å². The van der Waals surface area contributed by atoms with Gasteiger partial charge in [0.05, 0.1) is 17.3 Å². The van der Waals surface area contributed by atoms with Gasteiger partial charge in [-0.25, -0.2) is 4.68 Å². The molecule has 13 heavy (non-hydrogen) atoms. The van der Waals surface area contributed by atoms with Gasteiger partial charge >= 0.3 is 0 Å². The Balaban J connectivity index is 2.96. The molecule has 68 valence electrons. The molecule has 0 amide bonds. The van der Waals surface area contributed by atoms with E-state index >= 15 is 0 Å². The van der Waals surface area contributed by atoms with E-state index in [4.69, 9.17) is 0 Å². The molecule has 5 nitrogen and oxygen atoms in total. The number of aromatic nitrogens is 4. The lowest BCUT2D eigenvalue weighted by atomic mass is 10.3. The molecule has 1 N–H and O–H groups in total. The van der Waals surface area contributed by atoms with Crippen LogP contribution in [0.3, 0.4) is 0 Å². The van der Waals surface area contributed by atoms with E-state index in [1.54, 1.807) is 4.68 Å². The first-order valence-electron chi connectivity index (χ1n) is 4.15. The fourth-order valence-corrected chi connectivity index (χ4v) is 1.44. The molecule has 0 aromatic carbocycles. The molecule has 2 aromatic rings. The smallest absolute Gasteiger partial charge is 0.211 e. The van der Waals surface area contributed by atoms with Crippen molar-refractivity contribution < 1.29 is 0 Å². The first-order valence-corrected chi connectivity index (χ1v) is 4.15. The lowest BCUT2D eigenvalue weighted by Gasteiger charge is -1.95. The molecule has 0 spiro atoms. The van der Waals surface area contributed by atoms with E-state index in [9.17, 15) is 4.79 Å². The van der Waals surface area contributed by atoms with Gasteiger partial charge in [0.1, 0.15) is 0 Å². The maximum absolute atomic E-state index is 11.4. The van der Waals surface area contributed by atoms with Gasteiger partial charge in [-0.3, -0.25) is 9.89 Å². The molecular weight excluding hydrogens is 168 g/mol. The summed E-state index contributed by atoms with van der Waals surface area (Å²) in [6.07, 6.45) is 1.27. The Morgan fingerprint density at radius 1 is 1.62 bits per heavy atom. The molecule has 0 radical (unpaired) electrons. The molecule has 0 bridgehead atoms. The fourth-order valence-electron chi connectivity index (χ4n) is 1.44. The van der Waals surface area contributed by atoms with Gasteiger partial charge < -0.3 is 0 Å². The Morgan fingerprint density at radius 3 is 3.08 bits per heavy atom.